The summed E-state index contributed by atoms with van der Waals surface area (Å²) in [6.45, 7) is 0.388. The molecular weight excluding hydrogens is 508 g/mol. The maximum absolute atomic E-state index is 13.0. The van der Waals surface area contributed by atoms with Crippen molar-refractivity contribution in [2.24, 2.45) is 0 Å². The minimum Gasteiger partial charge on any atom is -0.280 e. The Morgan fingerprint density at radius 2 is 1.77 bits per heavy atom. The molecule has 0 atom stereocenters. The van der Waals surface area contributed by atoms with Crippen molar-refractivity contribution in [1.82, 2.24) is 9.97 Å². The van der Waals surface area contributed by atoms with E-state index in [1.165, 1.54) is 28.6 Å². The van der Waals surface area contributed by atoms with E-state index >= 15 is 0 Å². The van der Waals surface area contributed by atoms with E-state index in [-0.39, 0.29) is 10.6 Å². The van der Waals surface area contributed by atoms with Crippen LogP contribution in [-0.4, -0.2) is 39.1 Å². The lowest BCUT2D eigenvalue weighted by atomic mass is 10.1. The Labute approximate surface area is 208 Å². The molecule has 0 amide bonds. The van der Waals surface area contributed by atoms with Crippen LogP contribution in [0, 0.1) is 0 Å². The number of anilines is 2. The standard InChI is InChI=1S/C24H21ClN4O4S2/c25-22-9-4-18(15-21(22)24-10-3-17-16-26-12-11-23(17)27-24)28-35(32,33)20-7-5-19(6-8-20)29-13-1-2-14-34(29,30)31/h3-12,15-16,28H,1-2,13-14H2. The van der Waals surface area contributed by atoms with Crippen molar-refractivity contribution in [3.63, 3.8) is 0 Å². The average Bonchev–Trinajstić information content (AvgIpc) is 2.84. The number of benzene rings is 2. The first kappa shape index (κ1) is 23.5. The highest BCUT2D eigenvalue weighted by Gasteiger charge is 2.26. The molecule has 1 aliphatic heterocycles. The summed E-state index contributed by atoms with van der Waals surface area (Å²) >= 11 is 6.40. The Hall–Kier alpha value is -3.21. The molecule has 180 valence electrons. The van der Waals surface area contributed by atoms with Crippen LogP contribution in [0.5, 0.6) is 0 Å². The lowest BCUT2D eigenvalue weighted by molar-refractivity contribution is 0.574. The molecule has 11 heteroatoms. The number of hydrogen-bond donors (Lipinski definition) is 1. The Bertz CT molecular complexity index is 1630. The largest absolute Gasteiger partial charge is 0.280 e. The lowest BCUT2D eigenvalue weighted by Gasteiger charge is -2.28. The molecule has 35 heavy (non-hydrogen) atoms. The fourth-order valence-electron chi connectivity index (χ4n) is 3.98. The summed E-state index contributed by atoms with van der Waals surface area (Å²) < 4.78 is 54.6. The van der Waals surface area contributed by atoms with Gasteiger partial charge in [-0.1, -0.05) is 11.6 Å². The summed E-state index contributed by atoms with van der Waals surface area (Å²) in [4.78, 5) is 8.71. The summed E-state index contributed by atoms with van der Waals surface area (Å²) in [5, 5.41) is 1.31. The highest BCUT2D eigenvalue weighted by molar-refractivity contribution is 7.93. The van der Waals surface area contributed by atoms with Crippen molar-refractivity contribution < 1.29 is 16.8 Å². The Morgan fingerprint density at radius 1 is 0.971 bits per heavy atom. The highest BCUT2D eigenvalue weighted by Crippen LogP contribution is 2.32. The van der Waals surface area contributed by atoms with Gasteiger partial charge >= 0.3 is 0 Å². The van der Waals surface area contributed by atoms with E-state index in [1.54, 1.807) is 42.7 Å². The predicted molar refractivity (Wildman–Crippen MR) is 138 cm³/mol. The van der Waals surface area contributed by atoms with Gasteiger partial charge in [-0.25, -0.2) is 21.8 Å². The first-order valence-electron chi connectivity index (χ1n) is 10.9. The van der Waals surface area contributed by atoms with Gasteiger partial charge in [-0.15, -0.1) is 0 Å². The van der Waals surface area contributed by atoms with Gasteiger partial charge in [-0.05, 0) is 73.5 Å². The number of hydrogen-bond acceptors (Lipinski definition) is 6. The molecule has 0 unspecified atom stereocenters. The van der Waals surface area contributed by atoms with Crippen molar-refractivity contribution >= 4 is 53.9 Å². The summed E-state index contributed by atoms with van der Waals surface area (Å²) in [6.07, 6.45) is 4.76. The molecule has 4 aromatic rings. The molecule has 0 bridgehead atoms. The van der Waals surface area contributed by atoms with Crippen molar-refractivity contribution in [2.75, 3.05) is 21.3 Å². The van der Waals surface area contributed by atoms with Crippen molar-refractivity contribution in [3.05, 3.63) is 78.1 Å². The van der Waals surface area contributed by atoms with Gasteiger partial charge in [-0.2, -0.15) is 0 Å². The minimum absolute atomic E-state index is 0.0171. The van der Waals surface area contributed by atoms with Crippen LogP contribution in [0.25, 0.3) is 22.2 Å². The third-order valence-electron chi connectivity index (χ3n) is 5.77. The summed E-state index contributed by atoms with van der Waals surface area (Å²) in [6, 6.07) is 16.1. The molecule has 8 nitrogen and oxygen atoms in total. The normalized spacial score (nSPS) is 15.7. The lowest BCUT2D eigenvalue weighted by Crippen LogP contribution is -2.37. The van der Waals surface area contributed by atoms with Gasteiger partial charge in [0.25, 0.3) is 10.0 Å². The van der Waals surface area contributed by atoms with Gasteiger partial charge in [0, 0.05) is 35.6 Å². The van der Waals surface area contributed by atoms with Crippen LogP contribution in [0.15, 0.2) is 78.0 Å². The SMILES string of the molecule is O=S(=O)(Nc1ccc(Cl)c(-c2ccc3cnccc3n2)c1)c1ccc(N2CCCCS2(=O)=O)cc1. The second-order valence-electron chi connectivity index (χ2n) is 8.15. The van der Waals surface area contributed by atoms with E-state index in [2.05, 4.69) is 14.7 Å². The van der Waals surface area contributed by atoms with Crippen molar-refractivity contribution in [2.45, 2.75) is 17.7 Å². The quantitative estimate of drug-likeness (QED) is 0.403. The number of fused-ring (bicyclic) bond motifs is 1. The van der Waals surface area contributed by atoms with Crippen LogP contribution in [0.3, 0.4) is 0 Å². The zero-order valence-corrected chi connectivity index (χ0v) is 20.8. The molecule has 0 aliphatic carbocycles. The van der Waals surface area contributed by atoms with Gasteiger partial charge in [0.1, 0.15) is 0 Å². The number of sulfonamides is 2. The molecule has 1 aliphatic rings. The number of nitrogens with one attached hydrogen (secondary N) is 1. The second-order valence-corrected chi connectivity index (χ2v) is 12.3. The van der Waals surface area contributed by atoms with Gasteiger partial charge in [0.2, 0.25) is 10.0 Å². The topological polar surface area (TPSA) is 109 Å². The zero-order valence-electron chi connectivity index (χ0n) is 18.4. The van der Waals surface area contributed by atoms with Crippen LogP contribution in [0.1, 0.15) is 12.8 Å². The first-order valence-corrected chi connectivity index (χ1v) is 14.3. The Balaban J connectivity index is 1.41. The van der Waals surface area contributed by atoms with Crippen molar-refractivity contribution in [3.8, 4) is 11.3 Å². The third-order valence-corrected chi connectivity index (χ3v) is 9.36. The minimum atomic E-state index is -3.93. The smallest absolute Gasteiger partial charge is 0.261 e. The van der Waals surface area contributed by atoms with Crippen molar-refractivity contribution in [1.29, 1.82) is 0 Å². The fraction of sp³-hybridized carbons (Fsp3) is 0.167. The Kier molecular flexibility index (Phi) is 6.12. The molecule has 1 N–H and O–H groups in total. The monoisotopic (exact) mass is 528 g/mol. The van der Waals surface area contributed by atoms with Gasteiger partial charge in [-0.3, -0.25) is 14.0 Å². The molecule has 0 saturated carbocycles. The van der Waals surface area contributed by atoms with E-state index < -0.39 is 20.0 Å². The third kappa shape index (κ3) is 4.82. The number of rotatable bonds is 5. The van der Waals surface area contributed by atoms with Gasteiger partial charge in [0.05, 0.1) is 32.6 Å². The van der Waals surface area contributed by atoms with E-state index in [0.29, 0.717) is 40.6 Å². The number of halogens is 1. The van der Waals surface area contributed by atoms with Crippen LogP contribution in [0.2, 0.25) is 5.02 Å². The maximum atomic E-state index is 13.0. The van der Waals surface area contributed by atoms with Gasteiger partial charge in [0.15, 0.2) is 0 Å². The maximum Gasteiger partial charge on any atom is 0.261 e. The van der Waals surface area contributed by atoms with Gasteiger partial charge < -0.3 is 0 Å². The second kappa shape index (κ2) is 9.10. The summed E-state index contributed by atoms with van der Waals surface area (Å²) in [7, 11) is -7.30. The van der Waals surface area contributed by atoms with Crippen LogP contribution >= 0.6 is 11.6 Å². The van der Waals surface area contributed by atoms with E-state index in [4.69, 9.17) is 11.6 Å². The molecular formula is C24H21ClN4O4S2. The molecule has 2 aromatic heterocycles. The van der Waals surface area contributed by atoms with E-state index in [9.17, 15) is 16.8 Å². The first-order chi connectivity index (χ1) is 16.7. The zero-order chi connectivity index (χ0) is 24.6. The molecule has 1 saturated heterocycles. The number of nitrogens with zero attached hydrogens (tertiary/aromatic N) is 3. The summed E-state index contributed by atoms with van der Waals surface area (Å²) in [5.74, 6) is 0.0937. The number of aromatic nitrogens is 2. The Morgan fingerprint density at radius 3 is 2.54 bits per heavy atom. The van der Waals surface area contributed by atoms with E-state index in [1.807, 2.05) is 6.07 Å². The molecule has 0 spiro atoms. The van der Waals surface area contributed by atoms with Crippen LogP contribution in [-0.2, 0) is 20.0 Å². The average molecular weight is 529 g/mol. The molecule has 2 aromatic carbocycles. The van der Waals surface area contributed by atoms with Crippen LogP contribution in [0.4, 0.5) is 11.4 Å². The number of pyridine rings is 2. The van der Waals surface area contributed by atoms with Crippen LogP contribution < -0.4 is 9.03 Å². The molecule has 0 radical (unpaired) electrons. The fourth-order valence-corrected chi connectivity index (χ4v) is 6.89. The predicted octanol–water partition coefficient (Wildman–Crippen LogP) is 4.68. The molecule has 5 rings (SSSR count). The molecule has 1 fully saturated rings. The molecule has 3 heterocycles. The van der Waals surface area contributed by atoms with E-state index in [0.717, 1.165) is 17.3 Å². The summed E-state index contributed by atoms with van der Waals surface area (Å²) in [5.41, 5.74) is 2.70. The highest BCUT2D eigenvalue weighted by atomic mass is 35.5.